The summed E-state index contributed by atoms with van der Waals surface area (Å²) in [4.78, 5) is 17.2. The predicted molar refractivity (Wildman–Crippen MR) is 114 cm³/mol. The molecule has 0 atom stereocenters. The lowest BCUT2D eigenvalue weighted by Gasteiger charge is -2.09. The monoisotopic (exact) mass is 372 g/mol. The fourth-order valence-electron chi connectivity index (χ4n) is 3.12. The maximum atomic E-state index is 12.5. The molecule has 0 radical (unpaired) electrons. The molecule has 0 bridgehead atoms. The van der Waals surface area contributed by atoms with Crippen LogP contribution in [0.25, 0.3) is 20.8 Å². The normalized spacial score (nSPS) is 10.9. The standard InChI is InChI=1S/C23H20N2OS/c1-14-4-10-19(16(3)12-14)22(26)24-18-8-6-17(7-9-18)23-25-20-11-5-15(2)13-21(20)27-23/h4-13H,1-3H3,(H,24,26). The Labute approximate surface area is 162 Å². The highest BCUT2D eigenvalue weighted by Gasteiger charge is 2.10. The quantitative estimate of drug-likeness (QED) is 0.469. The minimum absolute atomic E-state index is 0.0873. The predicted octanol–water partition coefficient (Wildman–Crippen LogP) is 6.14. The summed E-state index contributed by atoms with van der Waals surface area (Å²) in [5.74, 6) is -0.0873. The highest BCUT2D eigenvalue weighted by Crippen LogP contribution is 2.31. The molecule has 0 fully saturated rings. The minimum atomic E-state index is -0.0873. The third-order valence-electron chi connectivity index (χ3n) is 4.56. The number of nitrogens with zero attached hydrogens (tertiary/aromatic N) is 1. The van der Waals surface area contributed by atoms with Crippen molar-refractivity contribution in [2.45, 2.75) is 20.8 Å². The lowest BCUT2D eigenvalue weighted by atomic mass is 10.1. The molecule has 134 valence electrons. The molecule has 0 saturated heterocycles. The summed E-state index contributed by atoms with van der Waals surface area (Å²) in [6, 6.07) is 20.0. The van der Waals surface area contributed by atoms with Crippen molar-refractivity contribution in [3.8, 4) is 10.6 Å². The van der Waals surface area contributed by atoms with Crippen LogP contribution in [0, 0.1) is 20.8 Å². The van der Waals surface area contributed by atoms with E-state index in [9.17, 15) is 4.79 Å². The molecule has 0 unspecified atom stereocenters. The zero-order chi connectivity index (χ0) is 19.0. The van der Waals surface area contributed by atoms with E-state index < -0.39 is 0 Å². The van der Waals surface area contributed by atoms with Gasteiger partial charge in [-0.1, -0.05) is 23.8 Å². The van der Waals surface area contributed by atoms with Gasteiger partial charge in [0, 0.05) is 16.8 Å². The van der Waals surface area contributed by atoms with Gasteiger partial charge in [0.25, 0.3) is 5.91 Å². The summed E-state index contributed by atoms with van der Waals surface area (Å²) in [7, 11) is 0. The van der Waals surface area contributed by atoms with E-state index in [0.29, 0.717) is 5.56 Å². The van der Waals surface area contributed by atoms with Gasteiger partial charge in [-0.2, -0.15) is 0 Å². The number of carbonyl (C=O) groups is 1. The van der Waals surface area contributed by atoms with Crippen molar-refractivity contribution in [1.82, 2.24) is 4.98 Å². The number of hydrogen-bond acceptors (Lipinski definition) is 3. The van der Waals surface area contributed by atoms with Crippen LogP contribution in [0.15, 0.2) is 60.7 Å². The smallest absolute Gasteiger partial charge is 0.255 e. The number of nitrogens with one attached hydrogen (secondary N) is 1. The number of aryl methyl sites for hydroxylation is 3. The topological polar surface area (TPSA) is 42.0 Å². The number of aromatic nitrogens is 1. The van der Waals surface area contributed by atoms with Crippen LogP contribution in [-0.2, 0) is 0 Å². The Balaban J connectivity index is 1.55. The molecule has 4 heteroatoms. The van der Waals surface area contributed by atoms with Crippen molar-refractivity contribution >= 4 is 33.1 Å². The molecular weight excluding hydrogens is 352 g/mol. The third-order valence-corrected chi connectivity index (χ3v) is 5.63. The van der Waals surface area contributed by atoms with Crippen molar-refractivity contribution in [3.05, 3.63) is 82.9 Å². The maximum absolute atomic E-state index is 12.5. The summed E-state index contributed by atoms with van der Waals surface area (Å²) in [6.07, 6.45) is 0. The molecule has 3 aromatic carbocycles. The molecule has 0 spiro atoms. The van der Waals surface area contributed by atoms with Crippen molar-refractivity contribution in [3.63, 3.8) is 0 Å². The Morgan fingerprint density at radius 1 is 0.889 bits per heavy atom. The average molecular weight is 372 g/mol. The first-order chi connectivity index (χ1) is 13.0. The SMILES string of the molecule is Cc1ccc(C(=O)Nc2ccc(-c3nc4ccc(C)cc4s3)cc2)c(C)c1. The molecule has 4 aromatic rings. The largest absolute Gasteiger partial charge is 0.322 e. The van der Waals surface area contributed by atoms with Crippen LogP contribution in [0.1, 0.15) is 27.0 Å². The fraction of sp³-hybridized carbons (Fsp3) is 0.130. The van der Waals surface area contributed by atoms with E-state index in [2.05, 4.69) is 30.4 Å². The van der Waals surface area contributed by atoms with Crippen molar-refractivity contribution in [2.24, 2.45) is 0 Å². The second kappa shape index (κ2) is 6.97. The summed E-state index contributed by atoms with van der Waals surface area (Å²) >= 11 is 1.69. The van der Waals surface area contributed by atoms with Gasteiger partial charge in [-0.15, -0.1) is 11.3 Å². The molecule has 1 heterocycles. The van der Waals surface area contributed by atoms with E-state index in [1.54, 1.807) is 11.3 Å². The van der Waals surface area contributed by atoms with E-state index in [0.717, 1.165) is 32.9 Å². The van der Waals surface area contributed by atoms with E-state index in [-0.39, 0.29) is 5.91 Å². The van der Waals surface area contributed by atoms with Gasteiger partial charge in [-0.25, -0.2) is 4.98 Å². The minimum Gasteiger partial charge on any atom is -0.322 e. The number of hydrogen-bond donors (Lipinski definition) is 1. The Hall–Kier alpha value is -2.98. The van der Waals surface area contributed by atoms with Crippen LogP contribution >= 0.6 is 11.3 Å². The summed E-state index contributed by atoms with van der Waals surface area (Å²) in [5, 5.41) is 3.96. The molecule has 27 heavy (non-hydrogen) atoms. The number of amides is 1. The van der Waals surface area contributed by atoms with Gasteiger partial charge in [0.15, 0.2) is 0 Å². The average Bonchev–Trinajstić information content (AvgIpc) is 3.05. The Morgan fingerprint density at radius 3 is 2.33 bits per heavy atom. The van der Waals surface area contributed by atoms with Gasteiger partial charge < -0.3 is 5.32 Å². The molecule has 1 amide bonds. The van der Waals surface area contributed by atoms with Gasteiger partial charge in [-0.05, 0) is 74.4 Å². The second-order valence-corrected chi connectivity index (χ2v) is 7.87. The van der Waals surface area contributed by atoms with Gasteiger partial charge in [0.05, 0.1) is 10.2 Å². The highest BCUT2D eigenvalue weighted by atomic mass is 32.1. The van der Waals surface area contributed by atoms with Crippen LogP contribution in [0.3, 0.4) is 0 Å². The van der Waals surface area contributed by atoms with Crippen molar-refractivity contribution < 1.29 is 4.79 Å². The Bertz CT molecular complexity index is 1140. The number of fused-ring (bicyclic) bond motifs is 1. The van der Waals surface area contributed by atoms with Crippen LogP contribution in [0.4, 0.5) is 5.69 Å². The van der Waals surface area contributed by atoms with Gasteiger partial charge >= 0.3 is 0 Å². The fourth-order valence-corrected chi connectivity index (χ4v) is 4.19. The van der Waals surface area contributed by atoms with Crippen LogP contribution in [0.5, 0.6) is 0 Å². The first kappa shape index (κ1) is 17.4. The molecule has 0 aliphatic rings. The lowest BCUT2D eigenvalue weighted by molar-refractivity contribution is 0.102. The van der Waals surface area contributed by atoms with Gasteiger partial charge in [-0.3, -0.25) is 4.79 Å². The number of thiazole rings is 1. The van der Waals surface area contributed by atoms with Crippen LogP contribution < -0.4 is 5.32 Å². The second-order valence-electron chi connectivity index (χ2n) is 6.84. The number of anilines is 1. The van der Waals surface area contributed by atoms with Gasteiger partial charge in [0.1, 0.15) is 5.01 Å². The maximum Gasteiger partial charge on any atom is 0.255 e. The lowest BCUT2D eigenvalue weighted by Crippen LogP contribution is -2.13. The van der Waals surface area contributed by atoms with Crippen molar-refractivity contribution in [2.75, 3.05) is 5.32 Å². The molecule has 1 aromatic heterocycles. The van der Waals surface area contributed by atoms with Crippen molar-refractivity contribution in [1.29, 1.82) is 0 Å². The first-order valence-corrected chi connectivity index (χ1v) is 9.67. The molecule has 3 nitrogen and oxygen atoms in total. The Morgan fingerprint density at radius 2 is 1.59 bits per heavy atom. The summed E-state index contributed by atoms with van der Waals surface area (Å²) in [6.45, 7) is 6.07. The molecular formula is C23H20N2OS. The van der Waals surface area contributed by atoms with Gasteiger partial charge in [0.2, 0.25) is 0 Å². The summed E-state index contributed by atoms with van der Waals surface area (Å²) in [5.41, 5.74) is 6.92. The third kappa shape index (κ3) is 3.62. The van der Waals surface area contributed by atoms with E-state index in [1.165, 1.54) is 10.3 Å². The van der Waals surface area contributed by atoms with E-state index in [4.69, 9.17) is 4.98 Å². The van der Waals surface area contributed by atoms with Crippen LogP contribution in [0.2, 0.25) is 0 Å². The molecule has 1 N–H and O–H groups in total. The first-order valence-electron chi connectivity index (χ1n) is 8.86. The number of rotatable bonds is 3. The molecule has 0 aliphatic carbocycles. The molecule has 0 saturated carbocycles. The summed E-state index contributed by atoms with van der Waals surface area (Å²) < 4.78 is 1.19. The Kier molecular flexibility index (Phi) is 4.50. The number of benzene rings is 3. The number of carbonyl (C=O) groups excluding carboxylic acids is 1. The zero-order valence-electron chi connectivity index (χ0n) is 15.5. The molecule has 0 aliphatic heterocycles. The van der Waals surface area contributed by atoms with E-state index >= 15 is 0 Å². The van der Waals surface area contributed by atoms with E-state index in [1.807, 2.05) is 56.3 Å². The van der Waals surface area contributed by atoms with Crippen LogP contribution in [-0.4, -0.2) is 10.9 Å². The zero-order valence-corrected chi connectivity index (χ0v) is 16.4. The molecule has 4 rings (SSSR count). The highest BCUT2D eigenvalue weighted by molar-refractivity contribution is 7.21.